The number of nitrogens with zero attached hydrogens (tertiary/aromatic N) is 2. The quantitative estimate of drug-likeness (QED) is 0.881. The smallest absolute Gasteiger partial charge is 0.220 e. The molecule has 2 saturated heterocycles. The van der Waals surface area contributed by atoms with E-state index in [4.69, 9.17) is 0 Å². The van der Waals surface area contributed by atoms with Crippen molar-refractivity contribution in [1.82, 2.24) is 15.1 Å². The molecular weight excluding hydrogens is 318 g/mol. The molecule has 3 amide bonds. The Kier molecular flexibility index (Phi) is 4.54. The van der Waals surface area contributed by atoms with Crippen LogP contribution in [0.25, 0.3) is 0 Å². The molecule has 2 fully saturated rings. The molecule has 0 bridgehead atoms. The molecular formula is C19H25N3O3. The lowest BCUT2D eigenvalue weighted by Crippen LogP contribution is -2.64. The number of fused-ring (bicyclic) bond motifs is 1. The van der Waals surface area contributed by atoms with Gasteiger partial charge in [0, 0.05) is 46.3 Å². The Morgan fingerprint density at radius 3 is 2.28 bits per heavy atom. The van der Waals surface area contributed by atoms with Crippen LogP contribution >= 0.6 is 0 Å². The van der Waals surface area contributed by atoms with Crippen LogP contribution in [0.1, 0.15) is 38.8 Å². The summed E-state index contributed by atoms with van der Waals surface area (Å²) in [7, 11) is 0. The zero-order chi connectivity index (χ0) is 18.2. The second kappa shape index (κ2) is 6.50. The van der Waals surface area contributed by atoms with Gasteiger partial charge >= 0.3 is 0 Å². The summed E-state index contributed by atoms with van der Waals surface area (Å²) in [6.45, 7) is 6.13. The number of piperidine rings is 1. The highest BCUT2D eigenvalue weighted by Crippen LogP contribution is 2.47. The lowest BCUT2D eigenvalue weighted by Gasteiger charge is -2.45. The van der Waals surface area contributed by atoms with E-state index in [1.54, 1.807) is 18.7 Å². The summed E-state index contributed by atoms with van der Waals surface area (Å²) < 4.78 is 0. The van der Waals surface area contributed by atoms with Gasteiger partial charge in [-0.25, -0.2) is 0 Å². The van der Waals surface area contributed by atoms with E-state index in [9.17, 15) is 14.4 Å². The highest BCUT2D eigenvalue weighted by atomic mass is 16.2. The Balaban J connectivity index is 2.04. The summed E-state index contributed by atoms with van der Waals surface area (Å²) in [5.74, 6) is -0.0611. The molecule has 3 rings (SSSR count). The van der Waals surface area contributed by atoms with E-state index in [0.29, 0.717) is 19.6 Å². The number of nitrogens with one attached hydrogen (secondary N) is 1. The van der Waals surface area contributed by atoms with Crippen molar-refractivity contribution in [1.29, 1.82) is 0 Å². The molecule has 6 nitrogen and oxygen atoms in total. The predicted molar refractivity (Wildman–Crippen MR) is 93.5 cm³/mol. The normalized spacial score (nSPS) is 28.4. The topological polar surface area (TPSA) is 69.7 Å². The van der Waals surface area contributed by atoms with Gasteiger partial charge in [0.2, 0.25) is 17.7 Å². The van der Waals surface area contributed by atoms with E-state index in [-0.39, 0.29) is 29.7 Å². The van der Waals surface area contributed by atoms with Gasteiger partial charge in [-0.3, -0.25) is 14.4 Å². The van der Waals surface area contributed by atoms with Crippen LogP contribution in [-0.2, 0) is 14.4 Å². The van der Waals surface area contributed by atoms with Crippen LogP contribution in [0.15, 0.2) is 30.3 Å². The van der Waals surface area contributed by atoms with Crippen LogP contribution in [0.2, 0.25) is 0 Å². The SMILES string of the molecule is CC(=O)N[C@@]12CN(C(C)=O)CC[C@@H]1[C@@H](c1ccccc1)N(C(C)=O)C2. The highest BCUT2D eigenvalue weighted by Gasteiger charge is 2.56. The largest absolute Gasteiger partial charge is 0.347 e. The predicted octanol–water partition coefficient (Wildman–Crippen LogP) is 1.33. The summed E-state index contributed by atoms with van der Waals surface area (Å²) in [4.78, 5) is 39.8. The number of likely N-dealkylation sites (tertiary alicyclic amines) is 2. The van der Waals surface area contributed by atoms with Crippen molar-refractivity contribution in [2.75, 3.05) is 19.6 Å². The molecule has 0 unspecified atom stereocenters. The molecule has 134 valence electrons. The minimum Gasteiger partial charge on any atom is -0.347 e. The number of carbonyl (C=O) groups excluding carboxylic acids is 3. The second-order valence-electron chi connectivity index (χ2n) is 7.18. The van der Waals surface area contributed by atoms with E-state index in [0.717, 1.165) is 12.0 Å². The maximum absolute atomic E-state index is 12.3. The van der Waals surface area contributed by atoms with Crippen molar-refractivity contribution in [3.05, 3.63) is 35.9 Å². The maximum atomic E-state index is 12.3. The van der Waals surface area contributed by atoms with Crippen LogP contribution in [0.5, 0.6) is 0 Å². The molecule has 3 atom stereocenters. The van der Waals surface area contributed by atoms with E-state index in [2.05, 4.69) is 5.32 Å². The number of carbonyl (C=O) groups is 3. The standard InChI is InChI=1S/C19H25N3O3/c1-13(23)20-19-11-21(14(2)24)10-9-17(19)18(22(12-19)15(3)25)16-7-5-4-6-8-16/h4-8,17-18H,9-12H2,1-3H3,(H,20,23)/t17-,18-,19-/m1/s1. The van der Waals surface area contributed by atoms with Gasteiger partial charge in [-0.2, -0.15) is 0 Å². The average molecular weight is 343 g/mol. The van der Waals surface area contributed by atoms with Gasteiger partial charge in [0.1, 0.15) is 0 Å². The summed E-state index contributed by atoms with van der Waals surface area (Å²) in [6, 6.07) is 9.87. The second-order valence-corrected chi connectivity index (χ2v) is 7.18. The molecule has 25 heavy (non-hydrogen) atoms. The number of amides is 3. The fraction of sp³-hybridized carbons (Fsp3) is 0.526. The van der Waals surface area contributed by atoms with Crippen molar-refractivity contribution in [2.45, 2.75) is 38.8 Å². The number of rotatable bonds is 2. The zero-order valence-corrected chi connectivity index (χ0v) is 15.0. The first-order valence-electron chi connectivity index (χ1n) is 8.70. The zero-order valence-electron chi connectivity index (χ0n) is 15.0. The molecule has 6 heteroatoms. The third kappa shape index (κ3) is 3.13. The number of benzene rings is 1. The van der Waals surface area contributed by atoms with Gasteiger partial charge in [-0.1, -0.05) is 30.3 Å². The third-order valence-corrected chi connectivity index (χ3v) is 5.48. The van der Waals surface area contributed by atoms with Crippen LogP contribution in [-0.4, -0.2) is 52.7 Å². The van der Waals surface area contributed by atoms with E-state index in [1.165, 1.54) is 6.92 Å². The van der Waals surface area contributed by atoms with Crippen LogP contribution < -0.4 is 5.32 Å². The maximum Gasteiger partial charge on any atom is 0.220 e. The molecule has 2 heterocycles. The Morgan fingerprint density at radius 2 is 1.72 bits per heavy atom. The van der Waals surface area contributed by atoms with Crippen molar-refractivity contribution in [2.24, 2.45) is 5.92 Å². The minimum absolute atomic E-state index is 0.000660. The van der Waals surface area contributed by atoms with Gasteiger partial charge < -0.3 is 15.1 Å². The summed E-state index contributed by atoms with van der Waals surface area (Å²) in [5.41, 5.74) is 0.480. The molecule has 1 aromatic rings. The van der Waals surface area contributed by atoms with Crippen molar-refractivity contribution >= 4 is 17.7 Å². The molecule has 0 spiro atoms. The van der Waals surface area contributed by atoms with Gasteiger partial charge in [0.15, 0.2) is 0 Å². The lowest BCUT2D eigenvalue weighted by atomic mass is 9.75. The molecule has 2 aliphatic rings. The molecule has 0 radical (unpaired) electrons. The van der Waals surface area contributed by atoms with E-state index in [1.807, 2.05) is 35.2 Å². The summed E-state index contributed by atoms with van der Waals surface area (Å²) >= 11 is 0. The van der Waals surface area contributed by atoms with Crippen molar-refractivity contribution in [3.63, 3.8) is 0 Å². The Morgan fingerprint density at radius 1 is 1.04 bits per heavy atom. The fourth-order valence-electron chi connectivity index (χ4n) is 4.52. The molecule has 0 saturated carbocycles. The summed E-state index contributed by atoms with van der Waals surface area (Å²) in [5, 5.41) is 3.10. The molecule has 1 N–H and O–H groups in total. The monoisotopic (exact) mass is 343 g/mol. The van der Waals surface area contributed by atoms with E-state index < -0.39 is 5.54 Å². The number of hydrogen-bond donors (Lipinski definition) is 1. The summed E-state index contributed by atoms with van der Waals surface area (Å²) in [6.07, 6.45) is 0.753. The lowest BCUT2D eigenvalue weighted by molar-refractivity contribution is -0.134. The highest BCUT2D eigenvalue weighted by molar-refractivity contribution is 5.78. The molecule has 1 aromatic carbocycles. The van der Waals surface area contributed by atoms with Gasteiger partial charge in [-0.05, 0) is 12.0 Å². The Labute approximate surface area is 148 Å². The van der Waals surface area contributed by atoms with Crippen molar-refractivity contribution < 1.29 is 14.4 Å². The van der Waals surface area contributed by atoms with Gasteiger partial charge in [0.25, 0.3) is 0 Å². The number of hydrogen-bond acceptors (Lipinski definition) is 3. The van der Waals surface area contributed by atoms with Gasteiger partial charge in [0.05, 0.1) is 11.6 Å². The first-order chi connectivity index (χ1) is 11.8. The third-order valence-electron chi connectivity index (χ3n) is 5.48. The molecule has 0 aromatic heterocycles. The van der Waals surface area contributed by atoms with Gasteiger partial charge in [-0.15, -0.1) is 0 Å². The minimum atomic E-state index is -0.595. The molecule has 2 aliphatic heterocycles. The van der Waals surface area contributed by atoms with Crippen LogP contribution in [0.4, 0.5) is 0 Å². The first kappa shape index (κ1) is 17.5. The first-order valence-corrected chi connectivity index (χ1v) is 8.70. The Hall–Kier alpha value is -2.37. The van der Waals surface area contributed by atoms with E-state index >= 15 is 0 Å². The Bertz CT molecular complexity index is 690. The van der Waals surface area contributed by atoms with Crippen molar-refractivity contribution in [3.8, 4) is 0 Å². The average Bonchev–Trinajstić information content (AvgIpc) is 2.89. The molecule has 0 aliphatic carbocycles. The van der Waals surface area contributed by atoms with Crippen LogP contribution in [0.3, 0.4) is 0 Å². The fourth-order valence-corrected chi connectivity index (χ4v) is 4.52. The van der Waals surface area contributed by atoms with Crippen LogP contribution in [0, 0.1) is 5.92 Å².